The molecule has 22 heavy (non-hydrogen) atoms. The van der Waals surface area contributed by atoms with Gasteiger partial charge in [-0.25, -0.2) is 4.68 Å². The zero-order chi connectivity index (χ0) is 15.9. The summed E-state index contributed by atoms with van der Waals surface area (Å²) in [6.07, 6.45) is 3.82. The predicted molar refractivity (Wildman–Crippen MR) is 88.3 cm³/mol. The van der Waals surface area contributed by atoms with Gasteiger partial charge in [0.1, 0.15) is 5.82 Å². The van der Waals surface area contributed by atoms with Gasteiger partial charge >= 0.3 is 0 Å². The lowest BCUT2D eigenvalue weighted by Crippen LogP contribution is -2.31. The van der Waals surface area contributed by atoms with Crippen LogP contribution in [0.2, 0.25) is 0 Å². The van der Waals surface area contributed by atoms with Crippen LogP contribution in [0, 0.1) is 5.92 Å². The highest BCUT2D eigenvalue weighted by molar-refractivity contribution is 5.92. The van der Waals surface area contributed by atoms with Gasteiger partial charge in [0.05, 0.1) is 12.1 Å². The highest BCUT2D eigenvalue weighted by atomic mass is 16.2. The minimum absolute atomic E-state index is 0.0883. The van der Waals surface area contributed by atoms with Gasteiger partial charge in [0.15, 0.2) is 0 Å². The van der Waals surface area contributed by atoms with Gasteiger partial charge in [-0.2, -0.15) is 5.10 Å². The molecule has 0 aliphatic heterocycles. The van der Waals surface area contributed by atoms with E-state index in [9.17, 15) is 4.79 Å². The van der Waals surface area contributed by atoms with Gasteiger partial charge < -0.3 is 11.1 Å². The van der Waals surface area contributed by atoms with Crippen molar-refractivity contribution >= 4 is 11.7 Å². The number of benzene rings is 1. The fraction of sp³-hybridized carbons (Fsp3) is 0.412. The number of hydrogen-bond acceptors (Lipinski definition) is 3. The Morgan fingerprint density at radius 3 is 2.73 bits per heavy atom. The maximum absolute atomic E-state index is 12.4. The highest BCUT2D eigenvalue weighted by Gasteiger charge is 2.22. The Labute approximate surface area is 131 Å². The molecule has 1 aromatic heterocycles. The summed E-state index contributed by atoms with van der Waals surface area (Å²) in [7, 11) is 0. The number of carbonyl (C=O) groups is 1. The van der Waals surface area contributed by atoms with E-state index in [1.54, 1.807) is 6.20 Å². The lowest BCUT2D eigenvalue weighted by Gasteiger charge is -2.20. The zero-order valence-corrected chi connectivity index (χ0v) is 13.2. The summed E-state index contributed by atoms with van der Waals surface area (Å²) in [5, 5.41) is 7.17. The first-order valence-corrected chi connectivity index (χ1v) is 7.76. The summed E-state index contributed by atoms with van der Waals surface area (Å²) >= 11 is 0. The maximum Gasteiger partial charge on any atom is 0.230 e. The Morgan fingerprint density at radius 2 is 2.05 bits per heavy atom. The molecule has 0 saturated carbocycles. The monoisotopic (exact) mass is 300 g/mol. The number of anilines is 1. The standard InChI is InChI=1S/C17H24N4O/c1-3-4-12-21-15(10-11-19-21)20-17(22)13(2)16(18)14-8-6-5-7-9-14/h5-11,13,16H,3-4,12,18H2,1-2H3,(H,20,22). The summed E-state index contributed by atoms with van der Waals surface area (Å²) < 4.78 is 1.82. The molecule has 0 saturated heterocycles. The van der Waals surface area contributed by atoms with E-state index in [-0.39, 0.29) is 17.9 Å². The van der Waals surface area contributed by atoms with Crippen LogP contribution in [0.1, 0.15) is 38.3 Å². The molecule has 0 aliphatic rings. The number of hydrogen-bond donors (Lipinski definition) is 2. The summed E-state index contributed by atoms with van der Waals surface area (Å²) in [5.74, 6) is 0.317. The Bertz CT molecular complexity index is 594. The van der Waals surface area contributed by atoms with Crippen molar-refractivity contribution in [3.8, 4) is 0 Å². The van der Waals surface area contributed by atoms with Crippen molar-refractivity contribution < 1.29 is 4.79 Å². The smallest absolute Gasteiger partial charge is 0.230 e. The van der Waals surface area contributed by atoms with E-state index >= 15 is 0 Å². The number of unbranched alkanes of at least 4 members (excludes halogenated alkanes) is 1. The Hall–Kier alpha value is -2.14. The van der Waals surface area contributed by atoms with Crippen molar-refractivity contribution in [3.05, 3.63) is 48.2 Å². The quantitative estimate of drug-likeness (QED) is 0.825. The van der Waals surface area contributed by atoms with Crippen molar-refractivity contribution in [1.29, 1.82) is 0 Å². The van der Waals surface area contributed by atoms with E-state index in [1.165, 1.54) is 0 Å². The normalized spacial score (nSPS) is 13.6. The minimum atomic E-state index is -0.326. The molecular formula is C17H24N4O. The number of aryl methyl sites for hydroxylation is 1. The van der Waals surface area contributed by atoms with Crippen molar-refractivity contribution in [3.63, 3.8) is 0 Å². The molecule has 5 nitrogen and oxygen atoms in total. The minimum Gasteiger partial charge on any atom is -0.323 e. The molecule has 0 fully saturated rings. The van der Waals surface area contributed by atoms with Crippen LogP contribution in [-0.4, -0.2) is 15.7 Å². The fourth-order valence-electron chi connectivity index (χ4n) is 2.29. The third kappa shape index (κ3) is 3.95. The van der Waals surface area contributed by atoms with Gasteiger partial charge in [-0.1, -0.05) is 50.6 Å². The third-order valence-electron chi connectivity index (χ3n) is 3.83. The van der Waals surface area contributed by atoms with Crippen LogP contribution in [-0.2, 0) is 11.3 Å². The second kappa shape index (κ2) is 7.75. The van der Waals surface area contributed by atoms with E-state index in [1.807, 2.05) is 48.0 Å². The number of carbonyl (C=O) groups excluding carboxylic acids is 1. The van der Waals surface area contributed by atoms with E-state index < -0.39 is 0 Å². The molecule has 2 unspecified atom stereocenters. The van der Waals surface area contributed by atoms with E-state index in [2.05, 4.69) is 17.3 Å². The van der Waals surface area contributed by atoms with Crippen molar-refractivity contribution in [2.45, 2.75) is 39.3 Å². The lowest BCUT2D eigenvalue weighted by atomic mass is 9.95. The number of aromatic nitrogens is 2. The molecule has 2 atom stereocenters. The largest absolute Gasteiger partial charge is 0.323 e. The predicted octanol–water partition coefficient (Wildman–Crippen LogP) is 2.96. The van der Waals surface area contributed by atoms with Crippen LogP contribution in [0.4, 0.5) is 5.82 Å². The number of nitrogens with zero attached hydrogens (tertiary/aromatic N) is 2. The van der Waals surface area contributed by atoms with Crippen LogP contribution >= 0.6 is 0 Å². The first kappa shape index (κ1) is 16.2. The second-order valence-electron chi connectivity index (χ2n) is 5.51. The molecule has 2 aromatic rings. The average Bonchev–Trinajstić information content (AvgIpc) is 2.99. The Balaban J connectivity index is 2.01. The van der Waals surface area contributed by atoms with Crippen LogP contribution in [0.5, 0.6) is 0 Å². The SMILES string of the molecule is CCCCn1nccc1NC(=O)C(C)C(N)c1ccccc1. The first-order chi connectivity index (χ1) is 10.6. The number of rotatable bonds is 7. The third-order valence-corrected chi connectivity index (χ3v) is 3.83. The average molecular weight is 300 g/mol. The van der Waals surface area contributed by atoms with Crippen LogP contribution in [0.25, 0.3) is 0 Å². The number of nitrogens with one attached hydrogen (secondary N) is 1. The first-order valence-electron chi connectivity index (χ1n) is 7.76. The summed E-state index contributed by atoms with van der Waals surface area (Å²) in [4.78, 5) is 12.4. The highest BCUT2D eigenvalue weighted by Crippen LogP contribution is 2.20. The van der Waals surface area contributed by atoms with Crippen molar-refractivity contribution in [2.75, 3.05) is 5.32 Å². The maximum atomic E-state index is 12.4. The van der Waals surface area contributed by atoms with E-state index in [4.69, 9.17) is 5.73 Å². The topological polar surface area (TPSA) is 72.9 Å². The molecule has 3 N–H and O–H groups in total. The molecular weight excluding hydrogens is 276 g/mol. The van der Waals surface area contributed by atoms with Gasteiger partial charge in [-0.15, -0.1) is 0 Å². The molecule has 1 amide bonds. The van der Waals surface area contributed by atoms with Gasteiger partial charge in [0.25, 0.3) is 0 Å². The van der Waals surface area contributed by atoms with Crippen molar-refractivity contribution in [2.24, 2.45) is 11.7 Å². The fourth-order valence-corrected chi connectivity index (χ4v) is 2.29. The van der Waals surface area contributed by atoms with Gasteiger partial charge in [-0.3, -0.25) is 4.79 Å². The van der Waals surface area contributed by atoms with Gasteiger partial charge in [-0.05, 0) is 12.0 Å². The summed E-state index contributed by atoms with van der Waals surface area (Å²) in [6.45, 7) is 4.78. The van der Waals surface area contributed by atoms with E-state index in [0.29, 0.717) is 0 Å². The lowest BCUT2D eigenvalue weighted by molar-refractivity contribution is -0.120. The van der Waals surface area contributed by atoms with Crippen molar-refractivity contribution in [1.82, 2.24) is 9.78 Å². The molecule has 1 heterocycles. The number of amides is 1. The zero-order valence-electron chi connectivity index (χ0n) is 13.2. The van der Waals surface area contributed by atoms with Crippen LogP contribution in [0.3, 0.4) is 0 Å². The molecule has 0 bridgehead atoms. The van der Waals surface area contributed by atoms with Gasteiger partial charge in [0.2, 0.25) is 5.91 Å². The molecule has 0 spiro atoms. The molecule has 5 heteroatoms. The molecule has 118 valence electrons. The molecule has 2 rings (SSSR count). The molecule has 1 aromatic carbocycles. The Morgan fingerprint density at radius 1 is 1.32 bits per heavy atom. The number of nitrogens with two attached hydrogens (primary N) is 1. The van der Waals surface area contributed by atoms with Crippen LogP contribution < -0.4 is 11.1 Å². The molecule has 0 radical (unpaired) electrons. The Kier molecular flexibility index (Phi) is 5.72. The summed E-state index contributed by atoms with van der Waals surface area (Å²) in [6, 6.07) is 11.2. The second-order valence-corrected chi connectivity index (χ2v) is 5.51. The summed E-state index contributed by atoms with van der Waals surface area (Å²) in [5.41, 5.74) is 7.17. The molecule has 0 aliphatic carbocycles. The van der Waals surface area contributed by atoms with Crippen LogP contribution in [0.15, 0.2) is 42.6 Å². The van der Waals surface area contributed by atoms with Gasteiger partial charge in [0, 0.05) is 18.7 Å². The van der Waals surface area contributed by atoms with E-state index in [0.717, 1.165) is 30.8 Å².